The molecule has 1 aromatic carbocycles. The molecule has 0 atom stereocenters. The summed E-state index contributed by atoms with van der Waals surface area (Å²) in [4.78, 5) is 14.6. The molecule has 0 fully saturated rings. The lowest BCUT2D eigenvalue weighted by Crippen LogP contribution is -1.96. The lowest BCUT2D eigenvalue weighted by molar-refractivity contribution is -0.384. The highest BCUT2D eigenvalue weighted by Crippen LogP contribution is 2.23. The molecule has 0 saturated heterocycles. The van der Waals surface area contributed by atoms with Crippen LogP contribution in [0.4, 0.5) is 5.69 Å². The van der Waals surface area contributed by atoms with Crippen LogP contribution in [0.3, 0.4) is 0 Å². The van der Waals surface area contributed by atoms with Crippen LogP contribution >= 0.6 is 0 Å². The van der Waals surface area contributed by atoms with Crippen molar-refractivity contribution in [2.24, 2.45) is 0 Å². The topological polar surface area (TPSA) is 73.3 Å². The van der Waals surface area contributed by atoms with Crippen LogP contribution in [-0.2, 0) is 0 Å². The van der Waals surface area contributed by atoms with Gasteiger partial charge in [0.15, 0.2) is 5.65 Å². The van der Waals surface area contributed by atoms with Gasteiger partial charge in [-0.2, -0.15) is 5.10 Å². The highest BCUT2D eigenvalue weighted by Gasteiger charge is 2.10. The minimum Gasteiger partial charge on any atom is -0.258 e. The van der Waals surface area contributed by atoms with Crippen LogP contribution in [0.2, 0.25) is 0 Å². The number of nitro benzene ring substituents is 1. The van der Waals surface area contributed by atoms with Crippen LogP contribution in [0.25, 0.3) is 16.9 Å². The number of rotatable bonds is 2. The number of nitro groups is 1. The maximum Gasteiger partial charge on any atom is 0.270 e. The Morgan fingerprint density at radius 3 is 2.89 bits per heavy atom. The van der Waals surface area contributed by atoms with Crippen LogP contribution in [0, 0.1) is 17.0 Å². The van der Waals surface area contributed by atoms with E-state index in [1.54, 1.807) is 22.8 Å². The number of non-ortho nitro benzene ring substituents is 1. The minimum absolute atomic E-state index is 0.0614. The van der Waals surface area contributed by atoms with Gasteiger partial charge in [0.05, 0.1) is 16.3 Å². The zero-order valence-electron chi connectivity index (χ0n) is 10.1. The standard InChI is InChI=1S/C13H10N4O2/c1-9-7-13-14-6-5-12(16(13)15-9)10-3-2-4-11(8-10)17(18)19/h2-8H,1H3. The van der Waals surface area contributed by atoms with Crippen molar-refractivity contribution in [1.82, 2.24) is 14.6 Å². The molecule has 0 aliphatic carbocycles. The Labute approximate surface area is 108 Å². The zero-order valence-corrected chi connectivity index (χ0v) is 10.1. The fraction of sp³-hybridized carbons (Fsp3) is 0.0769. The van der Waals surface area contributed by atoms with E-state index in [0.29, 0.717) is 0 Å². The Kier molecular flexibility index (Phi) is 2.49. The summed E-state index contributed by atoms with van der Waals surface area (Å²) in [6.45, 7) is 1.88. The fourth-order valence-electron chi connectivity index (χ4n) is 2.01. The predicted molar refractivity (Wildman–Crippen MR) is 69.8 cm³/mol. The lowest BCUT2D eigenvalue weighted by atomic mass is 10.1. The summed E-state index contributed by atoms with van der Waals surface area (Å²) in [5, 5.41) is 15.2. The predicted octanol–water partition coefficient (Wildman–Crippen LogP) is 2.61. The molecule has 6 nitrogen and oxygen atoms in total. The monoisotopic (exact) mass is 254 g/mol. The van der Waals surface area contributed by atoms with Gasteiger partial charge in [-0.25, -0.2) is 9.50 Å². The molecule has 2 heterocycles. The van der Waals surface area contributed by atoms with Crippen molar-refractivity contribution >= 4 is 11.3 Å². The summed E-state index contributed by atoms with van der Waals surface area (Å²) in [6.07, 6.45) is 1.67. The van der Waals surface area contributed by atoms with Gasteiger partial charge >= 0.3 is 0 Å². The second-order valence-electron chi connectivity index (χ2n) is 4.19. The van der Waals surface area contributed by atoms with Gasteiger partial charge in [0.25, 0.3) is 5.69 Å². The Hall–Kier alpha value is -2.76. The molecule has 0 aliphatic rings. The van der Waals surface area contributed by atoms with E-state index >= 15 is 0 Å². The Morgan fingerprint density at radius 2 is 2.11 bits per heavy atom. The molecule has 0 spiro atoms. The summed E-state index contributed by atoms with van der Waals surface area (Å²) in [6, 6.07) is 10.1. The minimum atomic E-state index is -0.407. The second-order valence-corrected chi connectivity index (χ2v) is 4.19. The number of nitrogens with zero attached hydrogens (tertiary/aromatic N) is 4. The number of aromatic nitrogens is 3. The normalized spacial score (nSPS) is 10.8. The maximum atomic E-state index is 10.8. The lowest BCUT2D eigenvalue weighted by Gasteiger charge is -2.04. The van der Waals surface area contributed by atoms with E-state index < -0.39 is 4.92 Å². The summed E-state index contributed by atoms with van der Waals surface area (Å²) in [7, 11) is 0. The van der Waals surface area contributed by atoms with Gasteiger partial charge in [-0.15, -0.1) is 0 Å². The van der Waals surface area contributed by atoms with Crippen LogP contribution in [0.1, 0.15) is 5.69 Å². The number of benzene rings is 1. The summed E-state index contributed by atoms with van der Waals surface area (Å²) >= 11 is 0. The van der Waals surface area contributed by atoms with E-state index in [1.807, 2.05) is 19.1 Å². The Balaban J connectivity index is 2.24. The van der Waals surface area contributed by atoms with Crippen LogP contribution < -0.4 is 0 Å². The van der Waals surface area contributed by atoms with Crippen molar-refractivity contribution in [2.75, 3.05) is 0 Å². The first-order valence-corrected chi connectivity index (χ1v) is 5.71. The molecule has 0 saturated carbocycles. The van der Waals surface area contributed by atoms with Gasteiger partial charge in [0, 0.05) is 30.0 Å². The highest BCUT2D eigenvalue weighted by molar-refractivity contribution is 5.65. The average molecular weight is 254 g/mol. The van der Waals surface area contributed by atoms with E-state index in [2.05, 4.69) is 10.1 Å². The summed E-state index contributed by atoms with van der Waals surface area (Å²) in [5.74, 6) is 0. The van der Waals surface area contributed by atoms with E-state index in [-0.39, 0.29) is 5.69 Å². The third-order valence-corrected chi connectivity index (χ3v) is 2.83. The molecule has 2 aromatic heterocycles. The van der Waals surface area contributed by atoms with Gasteiger partial charge in [0.2, 0.25) is 0 Å². The molecule has 0 amide bonds. The number of hydrogen-bond acceptors (Lipinski definition) is 4. The molecule has 0 N–H and O–H groups in total. The third-order valence-electron chi connectivity index (χ3n) is 2.83. The van der Waals surface area contributed by atoms with Gasteiger partial charge in [-0.3, -0.25) is 10.1 Å². The largest absolute Gasteiger partial charge is 0.270 e. The van der Waals surface area contributed by atoms with Crippen LogP contribution in [-0.4, -0.2) is 19.5 Å². The van der Waals surface area contributed by atoms with E-state index in [0.717, 1.165) is 22.6 Å². The van der Waals surface area contributed by atoms with Gasteiger partial charge < -0.3 is 0 Å². The van der Waals surface area contributed by atoms with Gasteiger partial charge in [-0.05, 0) is 13.0 Å². The van der Waals surface area contributed by atoms with Crippen molar-refractivity contribution < 1.29 is 4.92 Å². The van der Waals surface area contributed by atoms with E-state index in [4.69, 9.17) is 0 Å². The number of aryl methyl sites for hydroxylation is 1. The quantitative estimate of drug-likeness (QED) is 0.520. The first kappa shape index (κ1) is 11.3. The molecule has 6 heteroatoms. The summed E-state index contributed by atoms with van der Waals surface area (Å²) in [5.41, 5.74) is 3.16. The molecule has 19 heavy (non-hydrogen) atoms. The molecule has 0 aliphatic heterocycles. The number of fused-ring (bicyclic) bond motifs is 1. The molecule has 0 radical (unpaired) electrons. The average Bonchev–Trinajstić information content (AvgIpc) is 2.78. The van der Waals surface area contributed by atoms with Gasteiger partial charge in [0.1, 0.15) is 0 Å². The first-order valence-electron chi connectivity index (χ1n) is 5.71. The Bertz CT molecular complexity index is 779. The molecule has 0 bridgehead atoms. The van der Waals surface area contributed by atoms with Crippen LogP contribution in [0.5, 0.6) is 0 Å². The first-order chi connectivity index (χ1) is 9.15. The van der Waals surface area contributed by atoms with E-state index in [9.17, 15) is 10.1 Å². The van der Waals surface area contributed by atoms with Crippen molar-refractivity contribution in [2.45, 2.75) is 6.92 Å². The van der Waals surface area contributed by atoms with Crippen molar-refractivity contribution in [3.8, 4) is 11.3 Å². The maximum absolute atomic E-state index is 10.8. The molecular weight excluding hydrogens is 244 g/mol. The second kappa shape index (κ2) is 4.16. The highest BCUT2D eigenvalue weighted by atomic mass is 16.6. The van der Waals surface area contributed by atoms with E-state index in [1.165, 1.54) is 12.1 Å². The van der Waals surface area contributed by atoms with Crippen LogP contribution in [0.15, 0.2) is 42.6 Å². The molecule has 3 rings (SSSR count). The van der Waals surface area contributed by atoms with Crippen molar-refractivity contribution in [1.29, 1.82) is 0 Å². The molecule has 3 aromatic rings. The molecule has 0 unspecified atom stereocenters. The number of hydrogen-bond donors (Lipinski definition) is 0. The molecule has 94 valence electrons. The smallest absolute Gasteiger partial charge is 0.258 e. The fourth-order valence-corrected chi connectivity index (χ4v) is 2.01. The van der Waals surface area contributed by atoms with Gasteiger partial charge in [-0.1, -0.05) is 12.1 Å². The van der Waals surface area contributed by atoms with Crippen molar-refractivity contribution in [3.63, 3.8) is 0 Å². The summed E-state index contributed by atoms with van der Waals surface area (Å²) < 4.78 is 1.69. The third kappa shape index (κ3) is 1.93. The Morgan fingerprint density at radius 1 is 1.26 bits per heavy atom. The SMILES string of the molecule is Cc1cc2nccc(-c3cccc([N+](=O)[O-])c3)n2n1. The molecular formula is C13H10N4O2. The van der Waals surface area contributed by atoms with Crippen molar-refractivity contribution in [3.05, 3.63) is 58.4 Å². The zero-order chi connectivity index (χ0) is 13.4.